The summed E-state index contributed by atoms with van der Waals surface area (Å²) in [4.78, 5) is 26.7. The Bertz CT molecular complexity index is 673. The van der Waals surface area contributed by atoms with Gasteiger partial charge in [0, 0.05) is 6.04 Å². The first kappa shape index (κ1) is 15.6. The third-order valence-corrected chi connectivity index (χ3v) is 3.69. The number of hydrogen-bond donors (Lipinski definition) is 3. The average molecular weight is 311 g/mol. The molecular formula is C14H19ClN4O2. The maximum Gasteiger partial charge on any atom is 0.326 e. The van der Waals surface area contributed by atoms with Gasteiger partial charge in [-0.1, -0.05) is 12.1 Å². The largest absolute Gasteiger partial charge is 0.352 e. The quantitative estimate of drug-likeness (QED) is 0.777. The van der Waals surface area contributed by atoms with Gasteiger partial charge in [-0.25, -0.2) is 4.79 Å². The van der Waals surface area contributed by atoms with Crippen molar-refractivity contribution in [2.45, 2.75) is 25.4 Å². The highest BCUT2D eigenvalue weighted by Gasteiger charge is 2.16. The molecule has 1 saturated heterocycles. The molecule has 1 fully saturated rings. The summed E-state index contributed by atoms with van der Waals surface area (Å²) < 4.78 is 1.48. The molecule has 0 bridgehead atoms. The Morgan fingerprint density at radius 2 is 2.00 bits per heavy atom. The number of aromatic nitrogens is 2. The van der Waals surface area contributed by atoms with Gasteiger partial charge in [-0.2, -0.15) is 0 Å². The highest BCUT2D eigenvalue weighted by atomic mass is 35.5. The molecule has 1 aromatic carbocycles. The van der Waals surface area contributed by atoms with Crippen LogP contribution in [-0.4, -0.2) is 34.6 Å². The fraction of sp³-hybridized carbons (Fsp3) is 0.429. The summed E-state index contributed by atoms with van der Waals surface area (Å²) in [5.74, 6) is -0.108. The number of benzene rings is 1. The highest BCUT2D eigenvalue weighted by molar-refractivity contribution is 5.85. The first-order valence-electron chi connectivity index (χ1n) is 6.91. The third kappa shape index (κ3) is 3.46. The van der Waals surface area contributed by atoms with Crippen LogP contribution >= 0.6 is 12.4 Å². The number of hydrogen-bond acceptors (Lipinski definition) is 3. The molecule has 2 aromatic rings. The lowest BCUT2D eigenvalue weighted by Crippen LogP contribution is -2.44. The third-order valence-electron chi connectivity index (χ3n) is 3.69. The van der Waals surface area contributed by atoms with Crippen molar-refractivity contribution in [3.8, 4) is 0 Å². The molecule has 3 N–H and O–H groups in total. The van der Waals surface area contributed by atoms with E-state index in [1.165, 1.54) is 4.57 Å². The van der Waals surface area contributed by atoms with Gasteiger partial charge in [0.25, 0.3) is 0 Å². The van der Waals surface area contributed by atoms with E-state index in [0.29, 0.717) is 0 Å². The van der Waals surface area contributed by atoms with Gasteiger partial charge in [0.05, 0.1) is 11.0 Å². The second-order valence-corrected chi connectivity index (χ2v) is 5.13. The smallest absolute Gasteiger partial charge is 0.326 e. The van der Waals surface area contributed by atoms with E-state index in [2.05, 4.69) is 15.6 Å². The minimum Gasteiger partial charge on any atom is -0.352 e. The van der Waals surface area contributed by atoms with Crippen LogP contribution in [0.3, 0.4) is 0 Å². The number of fused-ring (bicyclic) bond motifs is 1. The van der Waals surface area contributed by atoms with Crippen molar-refractivity contribution >= 4 is 29.3 Å². The Hall–Kier alpha value is -1.79. The van der Waals surface area contributed by atoms with Crippen molar-refractivity contribution in [2.75, 3.05) is 13.1 Å². The predicted molar refractivity (Wildman–Crippen MR) is 83.8 cm³/mol. The molecule has 114 valence electrons. The molecule has 3 rings (SSSR count). The molecular weight excluding hydrogens is 292 g/mol. The van der Waals surface area contributed by atoms with Gasteiger partial charge in [0.2, 0.25) is 5.91 Å². The number of carbonyl (C=O) groups is 1. The first-order valence-corrected chi connectivity index (χ1v) is 6.91. The van der Waals surface area contributed by atoms with Gasteiger partial charge in [-0.3, -0.25) is 9.36 Å². The fourth-order valence-electron chi connectivity index (χ4n) is 2.65. The summed E-state index contributed by atoms with van der Waals surface area (Å²) in [6, 6.07) is 7.60. The van der Waals surface area contributed by atoms with Crippen LogP contribution in [0.25, 0.3) is 11.0 Å². The molecule has 0 radical (unpaired) electrons. The van der Waals surface area contributed by atoms with E-state index in [9.17, 15) is 9.59 Å². The Kier molecular flexibility index (Phi) is 5.03. The van der Waals surface area contributed by atoms with Crippen LogP contribution in [0.5, 0.6) is 0 Å². The molecule has 0 spiro atoms. The summed E-state index contributed by atoms with van der Waals surface area (Å²) in [5, 5.41) is 6.25. The second-order valence-electron chi connectivity index (χ2n) is 5.13. The van der Waals surface area contributed by atoms with E-state index in [1.54, 1.807) is 0 Å². The molecule has 1 amide bonds. The zero-order chi connectivity index (χ0) is 13.9. The molecule has 1 aliphatic rings. The zero-order valence-electron chi connectivity index (χ0n) is 11.6. The molecule has 0 atom stereocenters. The molecule has 21 heavy (non-hydrogen) atoms. The average Bonchev–Trinajstić information content (AvgIpc) is 2.76. The number of nitrogens with one attached hydrogen (secondary N) is 3. The minimum atomic E-state index is -0.244. The summed E-state index contributed by atoms with van der Waals surface area (Å²) in [6.45, 7) is 1.92. The van der Waals surface area contributed by atoms with E-state index in [1.807, 2.05) is 24.3 Å². The lowest BCUT2D eigenvalue weighted by Gasteiger charge is -2.23. The number of aromatic amines is 1. The van der Waals surface area contributed by atoms with Crippen molar-refractivity contribution in [1.82, 2.24) is 20.2 Å². The van der Waals surface area contributed by atoms with Crippen LogP contribution < -0.4 is 16.3 Å². The van der Waals surface area contributed by atoms with E-state index in [0.717, 1.165) is 37.0 Å². The topological polar surface area (TPSA) is 78.9 Å². The van der Waals surface area contributed by atoms with Crippen LogP contribution in [0, 0.1) is 0 Å². The number of para-hydroxylation sites is 2. The highest BCUT2D eigenvalue weighted by Crippen LogP contribution is 2.09. The maximum absolute atomic E-state index is 12.1. The lowest BCUT2D eigenvalue weighted by atomic mass is 10.1. The molecule has 0 aliphatic carbocycles. The number of nitrogens with zero attached hydrogens (tertiary/aromatic N) is 1. The number of halogens is 1. The Morgan fingerprint density at radius 3 is 2.76 bits per heavy atom. The maximum atomic E-state index is 12.1. The van der Waals surface area contributed by atoms with Crippen LogP contribution in [0.15, 0.2) is 29.1 Å². The van der Waals surface area contributed by atoms with Gasteiger partial charge in [0.1, 0.15) is 6.54 Å². The van der Waals surface area contributed by atoms with Crippen molar-refractivity contribution < 1.29 is 4.79 Å². The van der Waals surface area contributed by atoms with Gasteiger partial charge in [0.15, 0.2) is 0 Å². The van der Waals surface area contributed by atoms with E-state index in [-0.39, 0.29) is 36.6 Å². The summed E-state index contributed by atoms with van der Waals surface area (Å²) in [6.07, 6.45) is 1.88. The zero-order valence-corrected chi connectivity index (χ0v) is 12.4. The number of amides is 1. The van der Waals surface area contributed by atoms with Crippen molar-refractivity contribution in [2.24, 2.45) is 0 Å². The van der Waals surface area contributed by atoms with E-state index >= 15 is 0 Å². The summed E-state index contributed by atoms with van der Waals surface area (Å²) in [7, 11) is 0. The molecule has 0 unspecified atom stereocenters. The van der Waals surface area contributed by atoms with Crippen molar-refractivity contribution in [1.29, 1.82) is 0 Å². The number of imidazole rings is 1. The van der Waals surface area contributed by atoms with Gasteiger partial charge < -0.3 is 15.6 Å². The Labute approximate surface area is 128 Å². The molecule has 0 saturated carbocycles. The second kappa shape index (κ2) is 6.78. The fourth-order valence-corrected chi connectivity index (χ4v) is 2.65. The Balaban J connectivity index is 0.00000161. The normalized spacial score (nSPS) is 15.6. The van der Waals surface area contributed by atoms with Crippen molar-refractivity contribution in [3.63, 3.8) is 0 Å². The molecule has 6 nitrogen and oxygen atoms in total. The minimum absolute atomic E-state index is 0. The van der Waals surface area contributed by atoms with Gasteiger partial charge in [-0.05, 0) is 38.1 Å². The van der Waals surface area contributed by atoms with Gasteiger partial charge in [-0.15, -0.1) is 12.4 Å². The summed E-state index contributed by atoms with van der Waals surface area (Å²) >= 11 is 0. The lowest BCUT2D eigenvalue weighted by molar-refractivity contribution is -0.122. The monoisotopic (exact) mass is 310 g/mol. The molecule has 7 heteroatoms. The molecule has 2 heterocycles. The predicted octanol–water partition coefficient (Wildman–Crippen LogP) is 0.620. The SMILES string of the molecule is Cl.O=C(Cn1c(=O)[nH]c2ccccc21)NC1CCNCC1. The number of piperidine rings is 1. The van der Waals surface area contributed by atoms with E-state index < -0.39 is 0 Å². The number of carbonyl (C=O) groups excluding carboxylic acids is 1. The van der Waals surface area contributed by atoms with Gasteiger partial charge >= 0.3 is 5.69 Å². The standard InChI is InChI=1S/C14H18N4O2.ClH/c19-13(16-10-5-7-15-8-6-10)9-18-12-4-2-1-3-11(12)17-14(18)20;/h1-4,10,15H,5-9H2,(H,16,19)(H,17,20);1H. The number of rotatable bonds is 3. The van der Waals surface area contributed by atoms with Crippen LogP contribution in [0.4, 0.5) is 0 Å². The summed E-state index contributed by atoms with van der Waals surface area (Å²) in [5.41, 5.74) is 1.27. The Morgan fingerprint density at radius 1 is 1.29 bits per heavy atom. The first-order chi connectivity index (χ1) is 9.74. The van der Waals surface area contributed by atoms with E-state index in [4.69, 9.17) is 0 Å². The molecule has 1 aliphatic heterocycles. The van der Waals surface area contributed by atoms with Crippen molar-refractivity contribution in [3.05, 3.63) is 34.7 Å². The number of H-pyrrole nitrogens is 1. The van der Waals surface area contributed by atoms with Crippen LogP contribution in [-0.2, 0) is 11.3 Å². The van der Waals surface area contributed by atoms with Crippen LogP contribution in [0.2, 0.25) is 0 Å². The van der Waals surface area contributed by atoms with Crippen LogP contribution in [0.1, 0.15) is 12.8 Å². The molecule has 1 aromatic heterocycles.